The number of carbonyl (C=O) groups is 2. The molecule has 2 aromatic rings. The molecule has 1 saturated heterocycles. The Morgan fingerprint density at radius 3 is 2.88 bits per heavy atom. The van der Waals surface area contributed by atoms with Crippen LogP contribution in [-0.4, -0.2) is 45.5 Å². The average Bonchev–Trinajstić information content (AvgIpc) is 3.08. The number of pyridine rings is 1. The highest BCUT2D eigenvalue weighted by atomic mass is 16.5. The van der Waals surface area contributed by atoms with Gasteiger partial charge in [-0.1, -0.05) is 6.07 Å². The van der Waals surface area contributed by atoms with E-state index < -0.39 is 0 Å². The van der Waals surface area contributed by atoms with E-state index in [9.17, 15) is 9.59 Å². The van der Waals surface area contributed by atoms with Crippen LogP contribution < -0.4 is 0 Å². The summed E-state index contributed by atoms with van der Waals surface area (Å²) < 4.78 is 7.23. The van der Waals surface area contributed by atoms with Gasteiger partial charge in [0, 0.05) is 44.6 Å². The van der Waals surface area contributed by atoms with Gasteiger partial charge in [0.15, 0.2) is 0 Å². The van der Waals surface area contributed by atoms with Crippen LogP contribution in [0.3, 0.4) is 0 Å². The number of aromatic nitrogens is 2. The summed E-state index contributed by atoms with van der Waals surface area (Å²) in [6.07, 6.45) is 9.21. The summed E-state index contributed by atoms with van der Waals surface area (Å²) in [6, 6.07) is 7.51. The molecule has 0 N–H and O–H groups in total. The normalized spacial score (nSPS) is 17.1. The van der Waals surface area contributed by atoms with Crippen LogP contribution in [0.5, 0.6) is 0 Å². The van der Waals surface area contributed by atoms with Crippen molar-refractivity contribution in [1.29, 1.82) is 0 Å². The number of ether oxygens (including phenoxy) is 1. The number of aryl methyl sites for hydroxylation is 1. The molecule has 0 saturated carbocycles. The van der Waals surface area contributed by atoms with Gasteiger partial charge in [-0.25, -0.2) is 0 Å². The third-order valence-corrected chi connectivity index (χ3v) is 4.84. The lowest BCUT2D eigenvalue weighted by molar-refractivity contribution is -0.143. The van der Waals surface area contributed by atoms with Crippen molar-refractivity contribution in [2.75, 3.05) is 13.2 Å². The number of hydrogen-bond donors (Lipinski definition) is 0. The van der Waals surface area contributed by atoms with Gasteiger partial charge in [-0.2, -0.15) is 0 Å². The van der Waals surface area contributed by atoms with Crippen LogP contribution in [0.2, 0.25) is 0 Å². The largest absolute Gasteiger partial charge is 0.465 e. The molecule has 1 aliphatic heterocycles. The van der Waals surface area contributed by atoms with Crippen molar-refractivity contribution in [3.63, 3.8) is 0 Å². The third-order valence-electron chi connectivity index (χ3n) is 4.84. The van der Waals surface area contributed by atoms with E-state index in [2.05, 4.69) is 4.98 Å². The first-order valence-electron chi connectivity index (χ1n) is 9.12. The zero-order chi connectivity index (χ0) is 18.4. The predicted molar refractivity (Wildman–Crippen MR) is 97.6 cm³/mol. The SMILES string of the molecule is Cn1cccc1C(=O)N1CCCCC1CCOC(=O)Cc1cccnc1. The van der Waals surface area contributed by atoms with Crippen molar-refractivity contribution in [2.45, 2.75) is 38.1 Å². The maximum absolute atomic E-state index is 12.8. The molecule has 0 radical (unpaired) electrons. The van der Waals surface area contributed by atoms with Gasteiger partial charge in [-0.3, -0.25) is 14.6 Å². The van der Waals surface area contributed by atoms with Gasteiger partial charge in [0.25, 0.3) is 5.91 Å². The number of rotatable bonds is 6. The van der Waals surface area contributed by atoms with Crippen molar-refractivity contribution >= 4 is 11.9 Å². The molecule has 0 spiro atoms. The molecule has 26 heavy (non-hydrogen) atoms. The van der Waals surface area contributed by atoms with E-state index in [1.807, 2.05) is 40.9 Å². The first-order chi connectivity index (χ1) is 12.6. The number of likely N-dealkylation sites (tertiary alicyclic amines) is 1. The van der Waals surface area contributed by atoms with Crippen LogP contribution in [0, 0.1) is 0 Å². The van der Waals surface area contributed by atoms with Gasteiger partial charge >= 0.3 is 5.97 Å². The Morgan fingerprint density at radius 1 is 1.27 bits per heavy atom. The Morgan fingerprint density at radius 2 is 2.15 bits per heavy atom. The van der Waals surface area contributed by atoms with E-state index in [4.69, 9.17) is 4.74 Å². The van der Waals surface area contributed by atoms with Gasteiger partial charge in [0.05, 0.1) is 13.0 Å². The van der Waals surface area contributed by atoms with Crippen LogP contribution in [0.4, 0.5) is 0 Å². The van der Waals surface area contributed by atoms with E-state index >= 15 is 0 Å². The zero-order valence-corrected chi connectivity index (χ0v) is 15.1. The topological polar surface area (TPSA) is 64.4 Å². The fraction of sp³-hybridized carbons (Fsp3) is 0.450. The van der Waals surface area contributed by atoms with Crippen LogP contribution in [0.1, 0.15) is 41.7 Å². The fourth-order valence-electron chi connectivity index (χ4n) is 3.43. The standard InChI is InChI=1S/C20H25N3O3/c1-22-11-5-8-18(22)20(25)23-12-3-2-7-17(23)9-13-26-19(24)14-16-6-4-10-21-15-16/h4-6,8,10-11,15,17H,2-3,7,9,12-14H2,1H3. The van der Waals surface area contributed by atoms with Gasteiger partial charge in [0.2, 0.25) is 0 Å². The average molecular weight is 355 g/mol. The molecule has 138 valence electrons. The van der Waals surface area contributed by atoms with Crippen molar-refractivity contribution in [1.82, 2.24) is 14.5 Å². The Bertz CT molecular complexity index is 742. The number of hydrogen-bond acceptors (Lipinski definition) is 4. The number of carbonyl (C=O) groups excluding carboxylic acids is 2. The van der Waals surface area contributed by atoms with Gasteiger partial charge in [-0.05, 0) is 43.0 Å². The molecule has 6 nitrogen and oxygen atoms in total. The number of nitrogens with zero attached hydrogens (tertiary/aromatic N) is 3. The quantitative estimate of drug-likeness (QED) is 0.747. The maximum atomic E-state index is 12.8. The lowest BCUT2D eigenvalue weighted by Crippen LogP contribution is -2.44. The Balaban J connectivity index is 1.51. The summed E-state index contributed by atoms with van der Waals surface area (Å²) in [5.41, 5.74) is 1.54. The number of piperidine rings is 1. The summed E-state index contributed by atoms with van der Waals surface area (Å²) in [7, 11) is 1.88. The molecular weight excluding hydrogens is 330 g/mol. The summed E-state index contributed by atoms with van der Waals surface area (Å²) in [5, 5.41) is 0. The second kappa shape index (κ2) is 8.65. The molecule has 0 aliphatic carbocycles. The highest BCUT2D eigenvalue weighted by Gasteiger charge is 2.28. The highest BCUT2D eigenvalue weighted by Crippen LogP contribution is 2.22. The molecule has 3 rings (SSSR count). The van der Waals surface area contributed by atoms with E-state index in [1.165, 1.54) is 0 Å². The molecule has 0 bridgehead atoms. The van der Waals surface area contributed by atoms with E-state index in [-0.39, 0.29) is 24.3 Å². The molecule has 2 aromatic heterocycles. The minimum Gasteiger partial charge on any atom is -0.465 e. The van der Waals surface area contributed by atoms with E-state index in [0.29, 0.717) is 18.7 Å². The summed E-state index contributed by atoms with van der Waals surface area (Å²) >= 11 is 0. The van der Waals surface area contributed by atoms with Crippen molar-refractivity contribution < 1.29 is 14.3 Å². The van der Waals surface area contributed by atoms with Gasteiger partial charge < -0.3 is 14.2 Å². The van der Waals surface area contributed by atoms with Crippen molar-refractivity contribution in [2.24, 2.45) is 7.05 Å². The number of amides is 1. The molecular formula is C20H25N3O3. The first-order valence-corrected chi connectivity index (χ1v) is 9.12. The summed E-state index contributed by atoms with van der Waals surface area (Å²) in [4.78, 5) is 30.7. The van der Waals surface area contributed by atoms with Crippen LogP contribution in [0.15, 0.2) is 42.9 Å². The molecule has 1 fully saturated rings. The Kier molecular flexibility index (Phi) is 6.04. The summed E-state index contributed by atoms with van der Waals surface area (Å²) in [6.45, 7) is 1.10. The Labute approximate surface area is 153 Å². The highest BCUT2D eigenvalue weighted by molar-refractivity contribution is 5.93. The van der Waals surface area contributed by atoms with E-state index in [0.717, 1.165) is 31.4 Å². The molecule has 1 atom stereocenters. The predicted octanol–water partition coefficient (Wildman–Crippen LogP) is 2.59. The second-order valence-corrected chi connectivity index (χ2v) is 6.70. The molecule has 1 unspecified atom stereocenters. The maximum Gasteiger partial charge on any atom is 0.310 e. The first kappa shape index (κ1) is 18.2. The Hall–Kier alpha value is -2.63. The smallest absolute Gasteiger partial charge is 0.310 e. The zero-order valence-electron chi connectivity index (χ0n) is 15.1. The van der Waals surface area contributed by atoms with Crippen LogP contribution in [0.25, 0.3) is 0 Å². The fourth-order valence-corrected chi connectivity index (χ4v) is 3.43. The molecule has 1 amide bonds. The van der Waals surface area contributed by atoms with Crippen molar-refractivity contribution in [3.8, 4) is 0 Å². The van der Waals surface area contributed by atoms with Gasteiger partial charge in [-0.15, -0.1) is 0 Å². The van der Waals surface area contributed by atoms with Gasteiger partial charge in [0.1, 0.15) is 5.69 Å². The van der Waals surface area contributed by atoms with E-state index in [1.54, 1.807) is 18.5 Å². The van der Waals surface area contributed by atoms with Crippen molar-refractivity contribution in [3.05, 3.63) is 54.1 Å². The van der Waals surface area contributed by atoms with Crippen LogP contribution in [-0.2, 0) is 23.0 Å². The lowest BCUT2D eigenvalue weighted by Gasteiger charge is -2.35. The summed E-state index contributed by atoms with van der Waals surface area (Å²) in [5.74, 6) is -0.196. The monoisotopic (exact) mass is 355 g/mol. The second-order valence-electron chi connectivity index (χ2n) is 6.70. The van der Waals surface area contributed by atoms with Crippen LogP contribution >= 0.6 is 0 Å². The third kappa shape index (κ3) is 4.50. The molecule has 6 heteroatoms. The molecule has 1 aliphatic rings. The minimum atomic E-state index is -0.255. The molecule has 0 aromatic carbocycles. The minimum absolute atomic E-state index is 0.0592. The number of esters is 1. The molecule has 3 heterocycles. The lowest BCUT2D eigenvalue weighted by atomic mass is 9.99.